The molecule has 11 nitrogen and oxygen atoms in total. The molecule has 2 N–H and O–H groups in total. The summed E-state index contributed by atoms with van der Waals surface area (Å²) in [7, 11) is 0. The average molecular weight is 655 g/mol. The summed E-state index contributed by atoms with van der Waals surface area (Å²) < 4.78 is 6.34. The molecule has 0 radical (unpaired) electrons. The molecular weight excluding hydrogens is 608 g/mol. The molecule has 7 rings (SSSR count). The summed E-state index contributed by atoms with van der Waals surface area (Å²) in [6.45, 7) is 8.09. The number of carboxylic acid groups (broad SMARTS) is 1. The van der Waals surface area contributed by atoms with Crippen molar-refractivity contribution in [3.05, 3.63) is 66.5 Å². The van der Waals surface area contributed by atoms with Gasteiger partial charge in [-0.05, 0) is 75.6 Å². The third-order valence-electron chi connectivity index (χ3n) is 10.7. The van der Waals surface area contributed by atoms with Crippen molar-refractivity contribution in [2.45, 2.75) is 70.6 Å². The molecule has 4 heterocycles. The number of nitrogens with one attached hydrogen (secondary N) is 1. The van der Waals surface area contributed by atoms with E-state index in [0.717, 1.165) is 67.4 Å². The van der Waals surface area contributed by atoms with Gasteiger partial charge in [-0.15, -0.1) is 0 Å². The Morgan fingerprint density at radius 1 is 1.00 bits per heavy atom. The number of hydrogen-bond acceptors (Lipinski definition) is 6. The number of hydrogen-bond donors (Lipinski definition) is 2. The van der Waals surface area contributed by atoms with Crippen molar-refractivity contribution >= 4 is 23.6 Å². The van der Waals surface area contributed by atoms with Gasteiger partial charge < -0.3 is 29.4 Å². The number of aromatic amines is 1. The van der Waals surface area contributed by atoms with Crippen LogP contribution in [0.3, 0.4) is 0 Å². The molecule has 3 saturated heterocycles. The van der Waals surface area contributed by atoms with E-state index in [-0.39, 0.29) is 23.1 Å². The van der Waals surface area contributed by atoms with Gasteiger partial charge in [0.25, 0.3) is 5.91 Å². The number of ether oxygens (including phenoxy) is 1. The minimum absolute atomic E-state index is 0.0141. The highest BCUT2D eigenvalue weighted by Gasteiger charge is 2.50. The van der Waals surface area contributed by atoms with Crippen molar-refractivity contribution in [2.75, 3.05) is 44.2 Å². The van der Waals surface area contributed by atoms with Gasteiger partial charge in [0.2, 0.25) is 5.91 Å². The van der Waals surface area contributed by atoms with Gasteiger partial charge in [-0.3, -0.25) is 14.7 Å². The summed E-state index contributed by atoms with van der Waals surface area (Å²) in [6.07, 6.45) is 8.32. The molecule has 3 amide bonds. The maximum atomic E-state index is 14.0. The summed E-state index contributed by atoms with van der Waals surface area (Å²) in [4.78, 5) is 46.5. The van der Waals surface area contributed by atoms with Crippen LogP contribution in [0.15, 0.2) is 60.9 Å². The van der Waals surface area contributed by atoms with Crippen molar-refractivity contribution in [2.24, 2.45) is 11.3 Å². The number of anilines is 1. The van der Waals surface area contributed by atoms with Crippen LogP contribution in [0.1, 0.15) is 57.9 Å². The van der Waals surface area contributed by atoms with Gasteiger partial charge in [0.1, 0.15) is 5.75 Å². The second kappa shape index (κ2) is 12.8. The molecule has 11 heteroatoms. The van der Waals surface area contributed by atoms with Gasteiger partial charge in [-0.25, -0.2) is 4.79 Å². The molecule has 1 atom stereocenters. The van der Waals surface area contributed by atoms with E-state index in [0.29, 0.717) is 51.1 Å². The topological polar surface area (TPSA) is 122 Å². The summed E-state index contributed by atoms with van der Waals surface area (Å²) >= 11 is 0. The maximum Gasteiger partial charge on any atom is 0.407 e. The van der Waals surface area contributed by atoms with Gasteiger partial charge in [0, 0.05) is 80.8 Å². The molecule has 3 aromatic rings. The lowest BCUT2D eigenvalue weighted by Crippen LogP contribution is -2.65. The van der Waals surface area contributed by atoms with E-state index in [1.807, 2.05) is 49.3 Å². The second-order valence-corrected chi connectivity index (χ2v) is 14.7. The van der Waals surface area contributed by atoms with E-state index >= 15 is 0 Å². The summed E-state index contributed by atoms with van der Waals surface area (Å²) in [5.41, 5.74) is 3.24. The smallest absolute Gasteiger partial charge is 0.407 e. The SMILES string of the molecule is CC(C)(Oc1cccc(N2CCC[C@@H](C(=O)N(Cc3ccc(-c4cn[nH]c4)cc3)C3CC3)C2)c1)C(=O)N1CC2(CCN(C(=O)O)CC2)C1. The molecule has 3 aliphatic heterocycles. The van der Waals surface area contributed by atoms with Crippen molar-refractivity contribution < 1.29 is 24.2 Å². The zero-order valence-electron chi connectivity index (χ0n) is 27.9. The monoisotopic (exact) mass is 654 g/mol. The normalized spacial score (nSPS) is 20.7. The molecule has 48 heavy (non-hydrogen) atoms. The number of nitrogens with zero attached hydrogens (tertiary/aromatic N) is 5. The number of likely N-dealkylation sites (tertiary alicyclic amines) is 2. The number of carbonyl (C=O) groups excluding carboxylic acids is 2. The van der Waals surface area contributed by atoms with Crippen LogP contribution in [0.5, 0.6) is 5.75 Å². The maximum absolute atomic E-state index is 14.0. The lowest BCUT2D eigenvalue weighted by Gasteiger charge is -2.54. The molecular formula is C37H46N6O5. The molecule has 1 aliphatic carbocycles. The van der Waals surface area contributed by atoms with E-state index in [4.69, 9.17) is 4.74 Å². The van der Waals surface area contributed by atoms with Crippen LogP contribution >= 0.6 is 0 Å². The van der Waals surface area contributed by atoms with Crippen LogP contribution in [0.4, 0.5) is 10.5 Å². The van der Waals surface area contributed by atoms with E-state index in [9.17, 15) is 19.5 Å². The lowest BCUT2D eigenvalue weighted by molar-refractivity contribution is -0.160. The zero-order chi connectivity index (χ0) is 33.5. The van der Waals surface area contributed by atoms with Crippen LogP contribution < -0.4 is 9.64 Å². The Hall–Kier alpha value is -4.54. The number of benzene rings is 2. The molecule has 0 bridgehead atoms. The Morgan fingerprint density at radius 3 is 2.42 bits per heavy atom. The van der Waals surface area contributed by atoms with Gasteiger partial charge >= 0.3 is 6.09 Å². The quantitative estimate of drug-likeness (QED) is 0.324. The van der Waals surface area contributed by atoms with Crippen LogP contribution in [-0.4, -0.2) is 98.8 Å². The molecule has 0 unspecified atom stereocenters. The minimum atomic E-state index is -1.05. The molecule has 4 fully saturated rings. The Balaban J connectivity index is 0.956. The number of piperidine rings is 2. The van der Waals surface area contributed by atoms with E-state index in [1.54, 1.807) is 0 Å². The van der Waals surface area contributed by atoms with Crippen molar-refractivity contribution in [1.29, 1.82) is 0 Å². The number of rotatable bonds is 9. The fourth-order valence-corrected chi connectivity index (χ4v) is 7.69. The predicted octanol–water partition coefficient (Wildman–Crippen LogP) is 5.24. The van der Waals surface area contributed by atoms with Gasteiger partial charge in [0.15, 0.2) is 5.60 Å². The van der Waals surface area contributed by atoms with Gasteiger partial charge in [-0.1, -0.05) is 30.3 Å². The first-order valence-electron chi connectivity index (χ1n) is 17.3. The molecule has 4 aliphatic rings. The predicted molar refractivity (Wildman–Crippen MR) is 182 cm³/mol. The van der Waals surface area contributed by atoms with E-state index < -0.39 is 11.7 Å². The average Bonchev–Trinajstić information content (AvgIpc) is 3.77. The number of H-pyrrole nitrogens is 1. The van der Waals surface area contributed by atoms with Crippen molar-refractivity contribution in [3.8, 4) is 16.9 Å². The van der Waals surface area contributed by atoms with E-state index in [1.165, 1.54) is 4.90 Å². The van der Waals surface area contributed by atoms with Crippen LogP contribution in [-0.2, 0) is 16.1 Å². The highest BCUT2D eigenvalue weighted by molar-refractivity contribution is 5.86. The fraction of sp³-hybridized carbons (Fsp3) is 0.514. The molecule has 1 spiro atoms. The molecule has 254 valence electrons. The van der Waals surface area contributed by atoms with Crippen molar-refractivity contribution in [1.82, 2.24) is 24.9 Å². The van der Waals surface area contributed by atoms with Crippen LogP contribution in [0, 0.1) is 11.3 Å². The fourth-order valence-electron chi connectivity index (χ4n) is 7.69. The molecule has 1 saturated carbocycles. The second-order valence-electron chi connectivity index (χ2n) is 14.7. The zero-order valence-corrected chi connectivity index (χ0v) is 27.9. The largest absolute Gasteiger partial charge is 0.478 e. The third kappa shape index (κ3) is 6.73. The van der Waals surface area contributed by atoms with E-state index in [2.05, 4.69) is 50.3 Å². The minimum Gasteiger partial charge on any atom is -0.478 e. The first-order valence-corrected chi connectivity index (χ1v) is 17.3. The third-order valence-corrected chi connectivity index (χ3v) is 10.7. The Labute approximate surface area is 281 Å². The number of carbonyl (C=O) groups is 3. The Bertz CT molecular complexity index is 1620. The van der Waals surface area contributed by atoms with Crippen LogP contribution in [0.2, 0.25) is 0 Å². The number of aromatic nitrogens is 2. The highest BCUT2D eigenvalue weighted by Crippen LogP contribution is 2.42. The van der Waals surface area contributed by atoms with Crippen LogP contribution in [0.25, 0.3) is 11.1 Å². The Kier molecular flexibility index (Phi) is 8.55. The Morgan fingerprint density at radius 2 is 1.75 bits per heavy atom. The molecule has 2 aromatic carbocycles. The molecule has 1 aromatic heterocycles. The first kappa shape index (κ1) is 32.0. The first-order chi connectivity index (χ1) is 23.1. The lowest BCUT2D eigenvalue weighted by atomic mass is 9.71. The van der Waals surface area contributed by atoms with Gasteiger partial charge in [-0.2, -0.15) is 5.10 Å². The van der Waals surface area contributed by atoms with Gasteiger partial charge in [0.05, 0.1) is 12.1 Å². The summed E-state index contributed by atoms with van der Waals surface area (Å²) in [6, 6.07) is 16.6. The highest BCUT2D eigenvalue weighted by atomic mass is 16.5. The summed E-state index contributed by atoms with van der Waals surface area (Å²) in [5.74, 6) is 0.733. The standard InChI is InChI=1S/C37H46N6O5/c1-36(2,34(45)42-24-37(25-42)14-17-40(18-15-37)35(46)47)48-32-7-3-6-31(19-32)41-16-4-5-28(23-41)33(44)43(30-12-13-30)22-26-8-10-27(11-9-26)29-20-38-39-21-29/h3,6-11,19-21,28,30H,4-5,12-18,22-25H2,1-2H3,(H,38,39)(H,46,47)/t28-/m1/s1. The van der Waals surface area contributed by atoms with Crippen molar-refractivity contribution in [3.63, 3.8) is 0 Å². The summed E-state index contributed by atoms with van der Waals surface area (Å²) in [5, 5.41) is 16.2. The number of amides is 3.